The number of alkyl halides is 2. The second kappa shape index (κ2) is 14.4. The molecule has 3 amide bonds. The van der Waals surface area contributed by atoms with E-state index in [1.54, 1.807) is 42.1 Å². The maximum Gasteiger partial charge on any atom is 0.317 e. The summed E-state index contributed by atoms with van der Waals surface area (Å²) in [5.74, 6) is 0.933. The van der Waals surface area contributed by atoms with E-state index >= 15 is 0 Å². The zero-order valence-corrected chi connectivity index (χ0v) is 27.5. The van der Waals surface area contributed by atoms with Gasteiger partial charge in [-0.25, -0.2) is 13.6 Å². The van der Waals surface area contributed by atoms with Crippen LogP contribution in [0.15, 0.2) is 35.8 Å². The molecule has 254 valence electrons. The molecule has 4 N–H and O–H groups in total. The summed E-state index contributed by atoms with van der Waals surface area (Å²) in [5.41, 5.74) is 4.18. The molecule has 2 aromatic rings. The van der Waals surface area contributed by atoms with Crippen LogP contribution in [0.25, 0.3) is 11.1 Å². The third-order valence-electron chi connectivity index (χ3n) is 10.2. The molecule has 47 heavy (non-hydrogen) atoms. The van der Waals surface area contributed by atoms with E-state index in [1.165, 1.54) is 0 Å². The third kappa shape index (κ3) is 7.29. The number of rotatable bonds is 7. The summed E-state index contributed by atoms with van der Waals surface area (Å²) in [6.45, 7) is 4.63. The van der Waals surface area contributed by atoms with Gasteiger partial charge in [-0.1, -0.05) is 0 Å². The normalized spacial score (nSPS) is 19.6. The number of hydrogen-bond acceptors (Lipinski definition) is 6. The van der Waals surface area contributed by atoms with Gasteiger partial charge in [-0.15, -0.1) is 0 Å². The number of amides is 3. The Kier molecular flexibility index (Phi) is 10.1. The Balaban J connectivity index is 1.22. The van der Waals surface area contributed by atoms with Crippen molar-refractivity contribution in [2.45, 2.75) is 63.8 Å². The van der Waals surface area contributed by atoms with Crippen molar-refractivity contribution >= 4 is 23.5 Å². The van der Waals surface area contributed by atoms with Crippen molar-refractivity contribution in [3.63, 3.8) is 0 Å². The Morgan fingerprint density at radius 3 is 2.51 bits per heavy atom. The standard InChI is InChI=1S/C34H47F2N9O2/c1-38-34(47)44-15-9-29(41-25-7-13-43(14-8-25)31(46)16-22-5-10-39-11-6-22)28(21-44)33(37)45-12-3-4-23-17-26(24-19-40-42(2)20-24)27(32(35)36)18-30(23)45/h17-20,22,25,32,37,39,41H,3-16,21H2,1-2H3,(H,38,47). The summed E-state index contributed by atoms with van der Waals surface area (Å²) in [6.07, 6.45) is 7.04. The molecule has 0 unspecified atom stereocenters. The first kappa shape index (κ1) is 32.9. The minimum absolute atomic E-state index is 0.0825. The number of amidine groups is 1. The van der Waals surface area contributed by atoms with Gasteiger partial charge in [-0.05, 0) is 80.8 Å². The van der Waals surface area contributed by atoms with Gasteiger partial charge in [0.05, 0.1) is 12.7 Å². The van der Waals surface area contributed by atoms with Crippen LogP contribution in [0.2, 0.25) is 0 Å². The lowest BCUT2D eigenvalue weighted by Gasteiger charge is -2.39. The minimum Gasteiger partial charge on any atom is -0.385 e. The number of carbonyl (C=O) groups is 2. The van der Waals surface area contributed by atoms with Crippen LogP contribution in [0.3, 0.4) is 0 Å². The second-order valence-electron chi connectivity index (χ2n) is 13.3. The number of aryl methyl sites for hydroxylation is 2. The van der Waals surface area contributed by atoms with Gasteiger partial charge in [-0.2, -0.15) is 5.10 Å². The predicted octanol–water partition coefficient (Wildman–Crippen LogP) is 4.02. The number of carbonyl (C=O) groups excluding carboxylic acids is 2. The highest BCUT2D eigenvalue weighted by atomic mass is 19.3. The van der Waals surface area contributed by atoms with Crippen molar-refractivity contribution < 1.29 is 18.4 Å². The number of fused-ring (bicyclic) bond motifs is 1. The van der Waals surface area contributed by atoms with Gasteiger partial charge >= 0.3 is 6.03 Å². The largest absolute Gasteiger partial charge is 0.385 e. The fraction of sp³-hybridized carbons (Fsp3) is 0.588. The molecule has 4 aliphatic rings. The maximum atomic E-state index is 14.5. The molecule has 11 nitrogen and oxygen atoms in total. The Morgan fingerprint density at radius 2 is 1.83 bits per heavy atom. The van der Waals surface area contributed by atoms with Crippen LogP contribution in [0, 0.1) is 11.3 Å². The van der Waals surface area contributed by atoms with Gasteiger partial charge in [-0.3, -0.25) is 14.9 Å². The molecule has 2 saturated heterocycles. The number of hydrogen-bond donors (Lipinski definition) is 4. The molecule has 0 bridgehead atoms. The number of urea groups is 1. The number of piperidine rings is 2. The Labute approximate surface area is 275 Å². The van der Waals surface area contributed by atoms with Crippen LogP contribution in [0.1, 0.15) is 62.5 Å². The van der Waals surface area contributed by atoms with E-state index < -0.39 is 6.43 Å². The van der Waals surface area contributed by atoms with Gasteiger partial charge in [0.1, 0.15) is 5.84 Å². The molecule has 0 aliphatic carbocycles. The molecule has 13 heteroatoms. The van der Waals surface area contributed by atoms with Crippen molar-refractivity contribution in [3.8, 4) is 11.1 Å². The van der Waals surface area contributed by atoms with E-state index in [0.29, 0.717) is 67.3 Å². The summed E-state index contributed by atoms with van der Waals surface area (Å²) < 4.78 is 30.5. The number of halogens is 2. The molecular formula is C34H47F2N9O2. The molecule has 0 atom stereocenters. The number of nitrogens with one attached hydrogen (secondary N) is 4. The van der Waals surface area contributed by atoms with Crippen LogP contribution < -0.4 is 20.9 Å². The smallest absolute Gasteiger partial charge is 0.317 e. The maximum absolute atomic E-state index is 14.5. The molecule has 1 aromatic carbocycles. The van der Waals surface area contributed by atoms with Crippen molar-refractivity contribution in [2.75, 3.05) is 57.8 Å². The molecule has 1 aromatic heterocycles. The third-order valence-corrected chi connectivity index (χ3v) is 10.2. The molecule has 4 aliphatic heterocycles. The average Bonchev–Trinajstić information content (AvgIpc) is 3.53. The van der Waals surface area contributed by atoms with Crippen LogP contribution in [0.4, 0.5) is 19.3 Å². The number of benzene rings is 1. The first-order valence-electron chi connectivity index (χ1n) is 17.0. The van der Waals surface area contributed by atoms with Crippen molar-refractivity contribution in [3.05, 3.63) is 46.9 Å². The summed E-state index contributed by atoms with van der Waals surface area (Å²) in [5, 5.41) is 23.4. The number of nitrogens with zero attached hydrogens (tertiary/aromatic N) is 5. The molecule has 5 heterocycles. The number of aromatic nitrogens is 2. The van der Waals surface area contributed by atoms with Gasteiger partial charge in [0.2, 0.25) is 5.91 Å². The fourth-order valence-corrected chi connectivity index (χ4v) is 7.49. The van der Waals surface area contributed by atoms with Crippen LogP contribution in [0.5, 0.6) is 0 Å². The van der Waals surface area contributed by atoms with E-state index in [9.17, 15) is 23.8 Å². The lowest BCUT2D eigenvalue weighted by atomic mass is 9.92. The van der Waals surface area contributed by atoms with E-state index in [2.05, 4.69) is 21.0 Å². The van der Waals surface area contributed by atoms with E-state index in [4.69, 9.17) is 0 Å². The quantitative estimate of drug-likeness (QED) is 0.265. The zero-order valence-electron chi connectivity index (χ0n) is 27.5. The summed E-state index contributed by atoms with van der Waals surface area (Å²) in [6, 6.07) is 3.30. The molecule has 0 radical (unpaired) electrons. The molecule has 6 rings (SSSR count). The number of anilines is 1. The van der Waals surface area contributed by atoms with E-state index in [1.807, 2.05) is 15.9 Å². The predicted molar refractivity (Wildman–Crippen MR) is 178 cm³/mol. The monoisotopic (exact) mass is 651 g/mol. The van der Waals surface area contributed by atoms with Crippen LogP contribution >= 0.6 is 0 Å². The minimum atomic E-state index is -2.69. The highest BCUT2D eigenvalue weighted by Gasteiger charge is 2.33. The molecule has 0 spiro atoms. The lowest BCUT2D eigenvalue weighted by molar-refractivity contribution is -0.133. The first-order chi connectivity index (χ1) is 22.7. The highest BCUT2D eigenvalue weighted by molar-refractivity contribution is 6.09. The van der Waals surface area contributed by atoms with Crippen molar-refractivity contribution in [2.24, 2.45) is 13.0 Å². The Hall–Kier alpha value is -4.00. The van der Waals surface area contributed by atoms with E-state index in [-0.39, 0.29) is 35.9 Å². The second-order valence-corrected chi connectivity index (χ2v) is 13.3. The lowest BCUT2D eigenvalue weighted by Crippen LogP contribution is -2.50. The summed E-state index contributed by atoms with van der Waals surface area (Å²) >= 11 is 0. The van der Waals surface area contributed by atoms with Crippen LogP contribution in [-0.4, -0.2) is 96.3 Å². The SMILES string of the molecule is CNC(=O)N1CCC(NC2CCN(C(=O)CC3CCNCC3)CC2)=C(C(=N)N2CCCc3cc(-c4cnn(C)c4)c(C(F)F)cc32)C1. The topological polar surface area (TPSA) is 122 Å². The Morgan fingerprint density at radius 1 is 1.06 bits per heavy atom. The Bertz CT molecular complexity index is 1510. The van der Waals surface area contributed by atoms with E-state index in [0.717, 1.165) is 62.9 Å². The average molecular weight is 652 g/mol. The van der Waals surface area contributed by atoms with Gasteiger partial charge < -0.3 is 30.7 Å². The summed E-state index contributed by atoms with van der Waals surface area (Å²) in [4.78, 5) is 31.3. The first-order valence-corrected chi connectivity index (χ1v) is 17.0. The van der Waals surface area contributed by atoms with Crippen molar-refractivity contribution in [1.82, 2.24) is 35.5 Å². The van der Waals surface area contributed by atoms with Gasteiger partial charge in [0, 0.05) is 93.4 Å². The molecule has 2 fully saturated rings. The fourth-order valence-electron chi connectivity index (χ4n) is 7.49. The summed E-state index contributed by atoms with van der Waals surface area (Å²) in [7, 11) is 3.36. The number of likely N-dealkylation sites (tertiary alicyclic amines) is 1. The zero-order chi connectivity index (χ0) is 33.1. The molecule has 0 saturated carbocycles. The van der Waals surface area contributed by atoms with Crippen LogP contribution in [-0.2, 0) is 18.3 Å². The van der Waals surface area contributed by atoms with Gasteiger partial charge in [0.15, 0.2) is 0 Å². The van der Waals surface area contributed by atoms with Gasteiger partial charge in [0.25, 0.3) is 6.43 Å². The van der Waals surface area contributed by atoms with Crippen molar-refractivity contribution in [1.29, 1.82) is 5.41 Å². The molecular weight excluding hydrogens is 604 g/mol. The highest BCUT2D eigenvalue weighted by Crippen LogP contribution is 2.39.